The van der Waals surface area contributed by atoms with Crippen LogP contribution >= 0.6 is 23.2 Å². The number of nitrogens with one attached hydrogen (secondary N) is 1. The van der Waals surface area contributed by atoms with E-state index in [1.54, 1.807) is 24.4 Å². The van der Waals surface area contributed by atoms with Crippen molar-refractivity contribution in [1.82, 2.24) is 24.8 Å². The highest BCUT2D eigenvalue weighted by Crippen LogP contribution is 2.48. The van der Waals surface area contributed by atoms with Crippen LogP contribution in [0.5, 0.6) is 17.2 Å². The van der Waals surface area contributed by atoms with Gasteiger partial charge < -0.3 is 14.2 Å². The quantitative estimate of drug-likeness (QED) is 0.264. The first-order chi connectivity index (χ1) is 20.1. The Morgan fingerprint density at radius 1 is 0.952 bits per heavy atom. The fraction of sp³-hybridized carbons (Fsp3) is 0.333. The van der Waals surface area contributed by atoms with Crippen molar-refractivity contribution < 1.29 is 19.0 Å². The number of amides is 1. The average Bonchev–Trinajstić information content (AvgIpc) is 2.97. The SMILES string of the molecule is COc1cc(OC)c(Cl)c(-c2ccc(OC(=O)Nc3ccc(CN4CCN(C)C(C)(C)C4)nc3)c3nccnc23)c1Cl. The second-order valence-corrected chi connectivity index (χ2v) is 11.4. The summed E-state index contributed by atoms with van der Waals surface area (Å²) in [5, 5.41) is 3.30. The Balaban J connectivity index is 1.33. The Kier molecular flexibility index (Phi) is 8.70. The molecule has 12 heteroatoms. The van der Waals surface area contributed by atoms with Gasteiger partial charge >= 0.3 is 6.09 Å². The number of benzene rings is 2. The molecule has 1 N–H and O–H groups in total. The van der Waals surface area contributed by atoms with Crippen LogP contribution in [0.2, 0.25) is 10.0 Å². The molecule has 42 heavy (non-hydrogen) atoms. The summed E-state index contributed by atoms with van der Waals surface area (Å²) in [5.74, 6) is 0.983. The van der Waals surface area contributed by atoms with Crippen LogP contribution in [0.3, 0.4) is 0 Å². The second-order valence-electron chi connectivity index (χ2n) is 10.6. The van der Waals surface area contributed by atoms with Crippen molar-refractivity contribution in [2.75, 3.05) is 46.2 Å². The number of rotatable bonds is 7. The number of carbonyl (C=O) groups is 1. The Hall–Kier alpha value is -3.70. The fourth-order valence-corrected chi connectivity index (χ4v) is 5.68. The van der Waals surface area contributed by atoms with Crippen LogP contribution in [-0.4, -0.2) is 77.3 Å². The van der Waals surface area contributed by atoms with E-state index in [4.69, 9.17) is 37.4 Å². The molecular weight excluding hydrogens is 579 g/mol. The standard InChI is InChI=1S/C30H32Cl2N6O4/c1-30(2)17-38(13-12-37(30)3)16-19-7-6-18(15-35-19)36-29(39)42-21-9-8-20(27-28(21)34-11-10-33-27)24-25(31)22(40-4)14-23(41-5)26(24)32/h6-11,14-15H,12-13,16-17H2,1-5H3,(H,36,39). The van der Waals surface area contributed by atoms with E-state index in [0.29, 0.717) is 39.3 Å². The van der Waals surface area contributed by atoms with Gasteiger partial charge in [0.25, 0.3) is 0 Å². The first kappa shape index (κ1) is 29.8. The van der Waals surface area contributed by atoms with Gasteiger partial charge in [-0.2, -0.15) is 0 Å². The molecule has 1 aliphatic heterocycles. The lowest BCUT2D eigenvalue weighted by Gasteiger charge is -2.45. The van der Waals surface area contributed by atoms with Gasteiger partial charge in [0.1, 0.15) is 22.5 Å². The Morgan fingerprint density at radius 3 is 2.26 bits per heavy atom. The van der Waals surface area contributed by atoms with E-state index in [9.17, 15) is 4.79 Å². The number of aromatic nitrogens is 3. The normalized spacial score (nSPS) is 15.4. The number of carbonyl (C=O) groups excluding carboxylic acids is 1. The highest BCUT2D eigenvalue weighted by molar-refractivity contribution is 6.41. The van der Waals surface area contributed by atoms with Crippen molar-refractivity contribution in [3.8, 4) is 28.4 Å². The van der Waals surface area contributed by atoms with Crippen molar-refractivity contribution in [1.29, 1.82) is 0 Å². The summed E-state index contributed by atoms with van der Waals surface area (Å²) in [6.07, 6.45) is 3.98. The lowest BCUT2D eigenvalue weighted by molar-refractivity contribution is 0.0354. The van der Waals surface area contributed by atoms with Gasteiger partial charge in [0, 0.05) is 61.3 Å². The third-order valence-electron chi connectivity index (χ3n) is 7.49. The minimum Gasteiger partial charge on any atom is -0.495 e. The third-order valence-corrected chi connectivity index (χ3v) is 8.24. The number of pyridine rings is 1. The van der Waals surface area contributed by atoms with Crippen LogP contribution in [-0.2, 0) is 6.54 Å². The molecule has 0 aliphatic carbocycles. The van der Waals surface area contributed by atoms with Gasteiger partial charge in [-0.1, -0.05) is 23.2 Å². The number of ether oxygens (including phenoxy) is 3. The number of hydrogen-bond acceptors (Lipinski definition) is 9. The molecule has 0 radical (unpaired) electrons. The number of anilines is 1. The Labute approximate surface area is 254 Å². The summed E-state index contributed by atoms with van der Waals surface area (Å²) in [7, 11) is 5.16. The molecule has 0 atom stereocenters. The highest BCUT2D eigenvalue weighted by atomic mass is 35.5. The van der Waals surface area contributed by atoms with E-state index in [0.717, 1.165) is 31.9 Å². The zero-order chi connectivity index (χ0) is 30.0. The molecule has 10 nitrogen and oxygen atoms in total. The number of fused-ring (bicyclic) bond motifs is 1. The average molecular weight is 612 g/mol. The number of hydrogen-bond donors (Lipinski definition) is 1. The monoisotopic (exact) mass is 610 g/mol. The topological polar surface area (TPSA) is 102 Å². The largest absolute Gasteiger partial charge is 0.495 e. The van der Waals surface area contributed by atoms with Gasteiger partial charge in [0.15, 0.2) is 5.75 Å². The fourth-order valence-electron chi connectivity index (χ4n) is 4.98. The molecule has 4 aromatic rings. The highest BCUT2D eigenvalue weighted by Gasteiger charge is 2.31. The van der Waals surface area contributed by atoms with Gasteiger partial charge in [0.05, 0.1) is 41.8 Å². The van der Waals surface area contributed by atoms with E-state index >= 15 is 0 Å². The maximum absolute atomic E-state index is 12.9. The molecule has 5 rings (SSSR count). The van der Waals surface area contributed by atoms with E-state index in [1.807, 2.05) is 12.1 Å². The van der Waals surface area contributed by atoms with Crippen molar-refractivity contribution in [3.63, 3.8) is 0 Å². The number of halogens is 2. The van der Waals surface area contributed by atoms with Crippen LogP contribution in [0.25, 0.3) is 22.2 Å². The molecule has 3 heterocycles. The maximum atomic E-state index is 12.9. The number of methoxy groups -OCH3 is 2. The molecule has 1 aliphatic rings. The van der Waals surface area contributed by atoms with Gasteiger partial charge in [-0.05, 0) is 45.2 Å². The molecule has 0 bridgehead atoms. The smallest absolute Gasteiger partial charge is 0.417 e. The van der Waals surface area contributed by atoms with Crippen LogP contribution in [0.15, 0.2) is 48.9 Å². The van der Waals surface area contributed by atoms with Crippen molar-refractivity contribution >= 4 is 46.0 Å². The van der Waals surface area contributed by atoms with Crippen LogP contribution < -0.4 is 19.5 Å². The molecule has 1 fully saturated rings. The molecule has 0 unspecified atom stereocenters. The summed E-state index contributed by atoms with van der Waals surface area (Å²) in [4.78, 5) is 31.1. The number of piperazine rings is 1. The number of nitrogens with zero attached hydrogens (tertiary/aromatic N) is 5. The molecule has 1 saturated heterocycles. The van der Waals surface area contributed by atoms with Gasteiger partial charge in [0.2, 0.25) is 0 Å². The van der Waals surface area contributed by atoms with E-state index in [-0.39, 0.29) is 21.3 Å². The second kappa shape index (κ2) is 12.3. The third kappa shape index (κ3) is 6.07. The molecule has 2 aromatic heterocycles. The molecule has 220 valence electrons. The Bertz CT molecular complexity index is 1590. The van der Waals surface area contributed by atoms with Crippen molar-refractivity contribution in [3.05, 3.63) is 64.7 Å². The maximum Gasteiger partial charge on any atom is 0.417 e. The zero-order valence-electron chi connectivity index (χ0n) is 24.1. The zero-order valence-corrected chi connectivity index (χ0v) is 25.6. The summed E-state index contributed by atoms with van der Waals surface area (Å²) in [5.41, 5.74) is 3.36. The predicted octanol–water partition coefficient (Wildman–Crippen LogP) is 6.15. The van der Waals surface area contributed by atoms with Crippen molar-refractivity contribution in [2.45, 2.75) is 25.9 Å². The number of likely N-dealkylation sites (N-methyl/N-ethyl adjacent to an activating group) is 1. The van der Waals surface area contributed by atoms with Gasteiger partial charge in [-0.3, -0.25) is 25.1 Å². The van der Waals surface area contributed by atoms with Crippen LogP contribution in [0.4, 0.5) is 10.5 Å². The molecule has 1 amide bonds. The van der Waals surface area contributed by atoms with Crippen LogP contribution in [0.1, 0.15) is 19.5 Å². The summed E-state index contributed by atoms with van der Waals surface area (Å²) in [6.45, 7) is 8.17. The lowest BCUT2D eigenvalue weighted by atomic mass is 9.99. The summed E-state index contributed by atoms with van der Waals surface area (Å²) in [6, 6.07) is 8.65. The van der Waals surface area contributed by atoms with Gasteiger partial charge in [-0.25, -0.2) is 9.78 Å². The van der Waals surface area contributed by atoms with Gasteiger partial charge in [-0.15, -0.1) is 0 Å². The minimum absolute atomic E-state index is 0.107. The van der Waals surface area contributed by atoms with Crippen LogP contribution in [0, 0.1) is 0 Å². The first-order valence-electron chi connectivity index (χ1n) is 13.3. The molecule has 0 saturated carbocycles. The Morgan fingerprint density at radius 2 is 1.64 bits per heavy atom. The summed E-state index contributed by atoms with van der Waals surface area (Å²) >= 11 is 13.3. The van der Waals surface area contributed by atoms with E-state index in [1.165, 1.54) is 26.6 Å². The minimum atomic E-state index is -0.691. The summed E-state index contributed by atoms with van der Waals surface area (Å²) < 4.78 is 16.5. The van der Waals surface area contributed by atoms with Crippen molar-refractivity contribution in [2.24, 2.45) is 0 Å². The molecule has 2 aromatic carbocycles. The molecule has 0 spiro atoms. The predicted molar refractivity (Wildman–Crippen MR) is 164 cm³/mol. The first-order valence-corrected chi connectivity index (χ1v) is 14.1. The lowest BCUT2D eigenvalue weighted by Crippen LogP contribution is -2.57. The van der Waals surface area contributed by atoms with E-state index < -0.39 is 6.09 Å². The van der Waals surface area contributed by atoms with E-state index in [2.05, 4.69) is 51.0 Å². The molecular formula is C30H32Cl2N6O4.